The summed E-state index contributed by atoms with van der Waals surface area (Å²) >= 11 is 3.90. The summed E-state index contributed by atoms with van der Waals surface area (Å²) < 4.78 is 38.0. The van der Waals surface area contributed by atoms with Crippen molar-refractivity contribution in [2.24, 2.45) is 0 Å². The quantitative estimate of drug-likeness (QED) is 0.774. The van der Waals surface area contributed by atoms with Crippen molar-refractivity contribution in [3.05, 3.63) is 22.9 Å². The zero-order valence-corrected chi connectivity index (χ0v) is 8.99. The van der Waals surface area contributed by atoms with Crippen molar-refractivity contribution in [3.63, 3.8) is 0 Å². The molecule has 0 aliphatic carbocycles. The van der Waals surface area contributed by atoms with Crippen LogP contribution >= 0.6 is 12.6 Å². The van der Waals surface area contributed by atoms with E-state index < -0.39 is 11.7 Å². The number of rotatable bonds is 2. The second kappa shape index (κ2) is 4.30. The number of halogens is 3. The van der Waals surface area contributed by atoms with Crippen molar-refractivity contribution in [3.8, 4) is 0 Å². The van der Waals surface area contributed by atoms with Gasteiger partial charge in [0.25, 0.3) is 0 Å². The van der Waals surface area contributed by atoms with E-state index in [0.29, 0.717) is 5.75 Å². The molecule has 1 rings (SSSR count). The van der Waals surface area contributed by atoms with Crippen molar-refractivity contribution < 1.29 is 13.2 Å². The van der Waals surface area contributed by atoms with Gasteiger partial charge in [-0.1, -0.05) is 0 Å². The van der Waals surface area contributed by atoms with Crippen molar-refractivity contribution in [1.82, 2.24) is 4.98 Å². The number of alkyl halides is 3. The van der Waals surface area contributed by atoms with E-state index in [9.17, 15) is 13.2 Å². The van der Waals surface area contributed by atoms with Gasteiger partial charge in [-0.3, -0.25) is 0 Å². The molecule has 0 radical (unpaired) electrons. The maximum atomic E-state index is 12.7. The number of aryl methyl sites for hydroxylation is 2. The van der Waals surface area contributed by atoms with Gasteiger partial charge in [0.1, 0.15) is 5.82 Å². The summed E-state index contributed by atoms with van der Waals surface area (Å²) in [5.74, 6) is 0.413. The second-order valence-electron chi connectivity index (χ2n) is 3.16. The van der Waals surface area contributed by atoms with Gasteiger partial charge >= 0.3 is 6.18 Å². The van der Waals surface area contributed by atoms with Gasteiger partial charge in [0.15, 0.2) is 0 Å². The Morgan fingerprint density at radius 1 is 1.47 bits per heavy atom. The molecule has 0 saturated carbocycles. The highest BCUT2D eigenvalue weighted by Gasteiger charge is 2.35. The first kappa shape index (κ1) is 12.2. The topological polar surface area (TPSA) is 38.9 Å². The van der Waals surface area contributed by atoms with Gasteiger partial charge in [0.2, 0.25) is 0 Å². The molecule has 1 heterocycles. The van der Waals surface area contributed by atoms with E-state index in [4.69, 9.17) is 5.73 Å². The molecule has 0 aromatic carbocycles. The standard InChI is InChI=1S/C9H11F3N2S/c1-5-4-7(13)14-6(2-3-15)8(5)9(10,11)12/h4,15H,2-3H2,1H3,(H2,13,14). The molecule has 0 spiro atoms. The monoisotopic (exact) mass is 236 g/mol. The molecule has 1 aromatic heterocycles. The van der Waals surface area contributed by atoms with Crippen LogP contribution in [-0.4, -0.2) is 10.7 Å². The fourth-order valence-electron chi connectivity index (χ4n) is 1.44. The van der Waals surface area contributed by atoms with Crippen molar-refractivity contribution in [1.29, 1.82) is 0 Å². The first-order valence-electron chi connectivity index (χ1n) is 4.30. The Labute approximate surface area is 91.1 Å². The molecule has 1 aromatic rings. The number of hydrogen-bond acceptors (Lipinski definition) is 3. The lowest BCUT2D eigenvalue weighted by molar-refractivity contribution is -0.138. The van der Waals surface area contributed by atoms with Crippen LogP contribution in [0.1, 0.15) is 16.8 Å². The molecule has 2 nitrogen and oxygen atoms in total. The highest BCUT2D eigenvalue weighted by molar-refractivity contribution is 7.80. The maximum absolute atomic E-state index is 12.7. The summed E-state index contributed by atoms with van der Waals surface area (Å²) in [7, 11) is 0. The number of thiol groups is 1. The van der Waals surface area contributed by atoms with Gasteiger partial charge in [0, 0.05) is 0 Å². The van der Waals surface area contributed by atoms with Crippen LogP contribution < -0.4 is 5.73 Å². The zero-order valence-electron chi connectivity index (χ0n) is 8.10. The minimum Gasteiger partial charge on any atom is -0.384 e. The van der Waals surface area contributed by atoms with E-state index >= 15 is 0 Å². The van der Waals surface area contributed by atoms with Gasteiger partial charge < -0.3 is 5.73 Å². The normalized spacial score (nSPS) is 11.8. The van der Waals surface area contributed by atoms with Crippen LogP contribution in [0.25, 0.3) is 0 Å². The highest BCUT2D eigenvalue weighted by Crippen LogP contribution is 2.34. The smallest absolute Gasteiger partial charge is 0.384 e. The maximum Gasteiger partial charge on any atom is 0.418 e. The molecule has 0 atom stereocenters. The first-order chi connectivity index (χ1) is 6.86. The SMILES string of the molecule is Cc1cc(N)nc(CCS)c1C(F)(F)F. The lowest BCUT2D eigenvalue weighted by atomic mass is 10.1. The van der Waals surface area contributed by atoms with Crippen molar-refractivity contribution in [2.75, 3.05) is 11.5 Å². The largest absolute Gasteiger partial charge is 0.418 e. The van der Waals surface area contributed by atoms with Crippen molar-refractivity contribution in [2.45, 2.75) is 19.5 Å². The predicted molar refractivity (Wildman–Crippen MR) is 55.9 cm³/mol. The van der Waals surface area contributed by atoms with Crippen LogP contribution in [0, 0.1) is 6.92 Å². The first-order valence-corrected chi connectivity index (χ1v) is 4.93. The molecular weight excluding hydrogens is 225 g/mol. The van der Waals surface area contributed by atoms with Crippen LogP contribution in [0.4, 0.5) is 19.0 Å². The van der Waals surface area contributed by atoms with Gasteiger partial charge in [-0.25, -0.2) is 4.98 Å². The van der Waals surface area contributed by atoms with Gasteiger partial charge in [0.05, 0.1) is 11.3 Å². The number of nitrogen functional groups attached to an aromatic ring is 1. The van der Waals surface area contributed by atoms with Crippen LogP contribution in [0.5, 0.6) is 0 Å². The number of anilines is 1. The third-order valence-corrected chi connectivity index (χ3v) is 2.17. The molecule has 0 amide bonds. The summed E-state index contributed by atoms with van der Waals surface area (Å²) in [5, 5.41) is 0. The van der Waals surface area contributed by atoms with Gasteiger partial charge in [-0.15, -0.1) is 0 Å². The number of hydrogen-bond donors (Lipinski definition) is 2. The highest BCUT2D eigenvalue weighted by atomic mass is 32.1. The Bertz CT molecular complexity index is 363. The molecule has 0 aliphatic rings. The van der Waals surface area contributed by atoms with Crippen LogP contribution in [0.2, 0.25) is 0 Å². The van der Waals surface area contributed by atoms with Gasteiger partial charge in [-0.05, 0) is 30.7 Å². The average molecular weight is 236 g/mol. The Morgan fingerprint density at radius 2 is 2.07 bits per heavy atom. The summed E-state index contributed by atoms with van der Waals surface area (Å²) in [6.07, 6.45) is -4.23. The summed E-state index contributed by atoms with van der Waals surface area (Å²) in [5.41, 5.74) is 4.78. The average Bonchev–Trinajstić information content (AvgIpc) is 1.99. The molecule has 84 valence electrons. The predicted octanol–water partition coefficient (Wildman–Crippen LogP) is 2.46. The number of pyridine rings is 1. The van der Waals surface area contributed by atoms with E-state index in [1.54, 1.807) is 0 Å². The molecule has 0 saturated heterocycles. The Kier molecular flexibility index (Phi) is 3.49. The Balaban J connectivity index is 3.33. The Hall–Kier alpha value is -0.910. The fourth-order valence-corrected chi connectivity index (χ4v) is 1.65. The lowest BCUT2D eigenvalue weighted by Gasteiger charge is -2.14. The number of nitrogens with zero attached hydrogens (tertiary/aromatic N) is 1. The molecular formula is C9H11F3N2S. The van der Waals surface area contributed by atoms with E-state index in [2.05, 4.69) is 17.6 Å². The molecule has 15 heavy (non-hydrogen) atoms. The third kappa shape index (κ3) is 2.77. The van der Waals surface area contributed by atoms with Crippen LogP contribution in [-0.2, 0) is 12.6 Å². The van der Waals surface area contributed by atoms with Crippen molar-refractivity contribution >= 4 is 18.4 Å². The van der Waals surface area contributed by atoms with Crippen LogP contribution in [0.15, 0.2) is 6.07 Å². The summed E-state index contributed by atoms with van der Waals surface area (Å²) in [6, 6.07) is 1.23. The summed E-state index contributed by atoms with van der Waals surface area (Å²) in [6.45, 7) is 1.38. The van der Waals surface area contributed by atoms with E-state index in [1.807, 2.05) is 0 Å². The van der Waals surface area contributed by atoms with E-state index in [1.165, 1.54) is 13.0 Å². The fraction of sp³-hybridized carbons (Fsp3) is 0.444. The molecule has 6 heteroatoms. The third-order valence-electron chi connectivity index (χ3n) is 1.94. The number of nitrogens with two attached hydrogens (primary N) is 1. The Morgan fingerprint density at radius 3 is 2.53 bits per heavy atom. The lowest BCUT2D eigenvalue weighted by Crippen LogP contribution is -2.14. The molecule has 0 aliphatic heterocycles. The molecule has 0 bridgehead atoms. The molecule has 0 fully saturated rings. The summed E-state index contributed by atoms with van der Waals surface area (Å²) in [4.78, 5) is 3.70. The minimum atomic E-state index is -4.39. The molecule has 2 N–H and O–H groups in total. The minimum absolute atomic E-state index is 0.0324. The zero-order chi connectivity index (χ0) is 11.6. The molecule has 0 unspecified atom stereocenters. The van der Waals surface area contributed by atoms with E-state index in [-0.39, 0.29) is 23.5 Å². The second-order valence-corrected chi connectivity index (χ2v) is 3.60. The van der Waals surface area contributed by atoms with Gasteiger partial charge in [-0.2, -0.15) is 25.8 Å². The van der Waals surface area contributed by atoms with E-state index in [0.717, 1.165) is 0 Å². The van der Waals surface area contributed by atoms with Crippen LogP contribution in [0.3, 0.4) is 0 Å². The number of aromatic nitrogens is 1.